The molecule has 1 nitrogen and oxygen atoms in total. The van der Waals surface area contributed by atoms with Gasteiger partial charge in [-0.25, -0.2) is 0 Å². The lowest BCUT2D eigenvalue weighted by molar-refractivity contribution is -0.150. The Labute approximate surface area is 82.3 Å². The van der Waals surface area contributed by atoms with Crippen molar-refractivity contribution in [3.8, 4) is 0 Å². The maximum absolute atomic E-state index is 12.0. The van der Waals surface area contributed by atoms with Crippen LogP contribution in [0, 0.1) is 5.92 Å². The van der Waals surface area contributed by atoms with E-state index in [0.29, 0.717) is 18.8 Å². The van der Waals surface area contributed by atoms with E-state index in [1.807, 2.05) is 6.92 Å². The van der Waals surface area contributed by atoms with Gasteiger partial charge in [0.25, 0.3) is 0 Å². The van der Waals surface area contributed by atoms with Crippen LogP contribution in [0.2, 0.25) is 0 Å². The molecule has 2 atom stereocenters. The molecule has 14 heavy (non-hydrogen) atoms. The van der Waals surface area contributed by atoms with Crippen LogP contribution in [0.15, 0.2) is 0 Å². The second kappa shape index (κ2) is 4.09. The molecule has 0 amide bonds. The monoisotopic (exact) mass is 210 g/mol. The zero-order chi connectivity index (χ0) is 10.8. The number of hydrogen-bond acceptors (Lipinski definition) is 1. The first-order valence-corrected chi connectivity index (χ1v) is 5.10. The molecule has 4 heteroatoms. The van der Waals surface area contributed by atoms with Crippen molar-refractivity contribution in [3.05, 3.63) is 0 Å². The second-order valence-electron chi connectivity index (χ2n) is 4.54. The standard InChI is InChI=1S/C10H17F3O/c1-8-3-2-4-9(14,7-8)5-6-10(11,12)13/h8,14H,2-7H2,1H3. The van der Waals surface area contributed by atoms with Gasteiger partial charge in [0.15, 0.2) is 0 Å². The highest BCUT2D eigenvalue weighted by molar-refractivity contribution is 4.85. The van der Waals surface area contributed by atoms with Gasteiger partial charge in [0.05, 0.1) is 5.60 Å². The van der Waals surface area contributed by atoms with E-state index in [9.17, 15) is 18.3 Å². The summed E-state index contributed by atoms with van der Waals surface area (Å²) < 4.78 is 35.9. The van der Waals surface area contributed by atoms with Gasteiger partial charge in [0, 0.05) is 6.42 Å². The number of alkyl halides is 3. The fourth-order valence-electron chi connectivity index (χ4n) is 2.23. The lowest BCUT2D eigenvalue weighted by atomic mass is 9.76. The first-order chi connectivity index (χ1) is 6.31. The Kier molecular flexibility index (Phi) is 3.45. The molecular weight excluding hydrogens is 193 g/mol. The van der Waals surface area contributed by atoms with Gasteiger partial charge >= 0.3 is 6.18 Å². The molecule has 1 fully saturated rings. The summed E-state index contributed by atoms with van der Waals surface area (Å²) in [6, 6.07) is 0. The second-order valence-corrected chi connectivity index (χ2v) is 4.54. The molecule has 0 heterocycles. The van der Waals surface area contributed by atoms with Crippen LogP contribution in [0.1, 0.15) is 45.4 Å². The van der Waals surface area contributed by atoms with Crippen LogP contribution in [0.3, 0.4) is 0 Å². The minimum atomic E-state index is -4.14. The Morgan fingerprint density at radius 2 is 2.07 bits per heavy atom. The molecule has 1 rings (SSSR count). The Hall–Kier alpha value is -0.250. The van der Waals surface area contributed by atoms with E-state index >= 15 is 0 Å². The predicted octanol–water partition coefficient (Wildman–Crippen LogP) is 3.27. The quantitative estimate of drug-likeness (QED) is 0.741. The van der Waals surface area contributed by atoms with Crippen molar-refractivity contribution in [1.82, 2.24) is 0 Å². The van der Waals surface area contributed by atoms with Crippen molar-refractivity contribution in [2.24, 2.45) is 5.92 Å². The van der Waals surface area contributed by atoms with E-state index < -0.39 is 18.2 Å². The molecule has 0 aromatic rings. The third-order valence-electron chi connectivity index (χ3n) is 2.94. The first kappa shape index (κ1) is 11.8. The van der Waals surface area contributed by atoms with Gasteiger partial charge in [0.1, 0.15) is 0 Å². The van der Waals surface area contributed by atoms with Crippen molar-refractivity contribution in [2.45, 2.75) is 57.2 Å². The highest BCUT2D eigenvalue weighted by Crippen LogP contribution is 2.37. The summed E-state index contributed by atoms with van der Waals surface area (Å²) in [5, 5.41) is 9.91. The van der Waals surface area contributed by atoms with Crippen LogP contribution in [0.25, 0.3) is 0 Å². The number of halogens is 3. The van der Waals surface area contributed by atoms with Crippen molar-refractivity contribution >= 4 is 0 Å². The van der Waals surface area contributed by atoms with Crippen molar-refractivity contribution in [3.63, 3.8) is 0 Å². The van der Waals surface area contributed by atoms with E-state index in [1.54, 1.807) is 0 Å². The third kappa shape index (κ3) is 3.86. The SMILES string of the molecule is CC1CCCC(O)(CCC(F)(F)F)C1. The molecule has 0 spiro atoms. The number of aliphatic hydroxyl groups is 1. The fraction of sp³-hybridized carbons (Fsp3) is 1.00. The van der Waals surface area contributed by atoms with Gasteiger partial charge in [-0.1, -0.05) is 19.8 Å². The maximum Gasteiger partial charge on any atom is 0.389 e. The molecule has 1 N–H and O–H groups in total. The largest absolute Gasteiger partial charge is 0.390 e. The van der Waals surface area contributed by atoms with Crippen molar-refractivity contribution < 1.29 is 18.3 Å². The Balaban J connectivity index is 2.41. The molecule has 0 saturated heterocycles. The zero-order valence-corrected chi connectivity index (χ0v) is 8.40. The van der Waals surface area contributed by atoms with Gasteiger partial charge in [-0.3, -0.25) is 0 Å². The molecule has 1 aliphatic rings. The van der Waals surface area contributed by atoms with E-state index in [2.05, 4.69) is 0 Å². The van der Waals surface area contributed by atoms with E-state index in [0.717, 1.165) is 12.8 Å². The maximum atomic E-state index is 12.0. The lowest BCUT2D eigenvalue weighted by Crippen LogP contribution is -2.35. The Morgan fingerprint density at radius 3 is 2.57 bits per heavy atom. The molecule has 1 aliphatic carbocycles. The average Bonchev–Trinajstić information content (AvgIpc) is 1.99. The summed E-state index contributed by atoms with van der Waals surface area (Å²) in [5.41, 5.74) is -1.06. The molecule has 84 valence electrons. The minimum Gasteiger partial charge on any atom is -0.390 e. The lowest BCUT2D eigenvalue weighted by Gasteiger charge is -2.35. The predicted molar refractivity (Wildman–Crippen MR) is 47.9 cm³/mol. The van der Waals surface area contributed by atoms with Crippen LogP contribution in [-0.2, 0) is 0 Å². The van der Waals surface area contributed by atoms with Crippen LogP contribution in [0.4, 0.5) is 13.2 Å². The van der Waals surface area contributed by atoms with E-state index in [1.165, 1.54) is 0 Å². The highest BCUT2D eigenvalue weighted by atomic mass is 19.4. The molecule has 0 aromatic heterocycles. The van der Waals surface area contributed by atoms with Crippen LogP contribution < -0.4 is 0 Å². The smallest absolute Gasteiger partial charge is 0.389 e. The zero-order valence-electron chi connectivity index (χ0n) is 8.40. The topological polar surface area (TPSA) is 20.2 Å². The number of hydrogen-bond donors (Lipinski definition) is 1. The summed E-state index contributed by atoms with van der Waals surface area (Å²) in [6.45, 7) is 1.98. The van der Waals surface area contributed by atoms with Crippen molar-refractivity contribution in [1.29, 1.82) is 0 Å². The summed E-state index contributed by atoms with van der Waals surface area (Å²) in [5.74, 6) is 0.349. The molecule has 1 saturated carbocycles. The van der Waals surface area contributed by atoms with Gasteiger partial charge in [-0.05, 0) is 25.2 Å². The summed E-state index contributed by atoms with van der Waals surface area (Å²) >= 11 is 0. The minimum absolute atomic E-state index is 0.138. The average molecular weight is 210 g/mol. The highest BCUT2D eigenvalue weighted by Gasteiger charge is 2.37. The normalized spacial score (nSPS) is 34.5. The summed E-state index contributed by atoms with van der Waals surface area (Å²) in [6.07, 6.45) is -2.24. The Bertz CT molecular complexity index is 190. The van der Waals surface area contributed by atoms with Gasteiger partial charge in [-0.15, -0.1) is 0 Å². The van der Waals surface area contributed by atoms with Crippen LogP contribution in [-0.4, -0.2) is 16.9 Å². The van der Waals surface area contributed by atoms with Gasteiger partial charge in [-0.2, -0.15) is 13.2 Å². The Morgan fingerprint density at radius 1 is 1.43 bits per heavy atom. The number of rotatable bonds is 2. The first-order valence-electron chi connectivity index (χ1n) is 5.10. The van der Waals surface area contributed by atoms with Gasteiger partial charge in [0.2, 0.25) is 0 Å². The molecule has 2 unspecified atom stereocenters. The van der Waals surface area contributed by atoms with Crippen molar-refractivity contribution in [2.75, 3.05) is 0 Å². The molecule has 0 bridgehead atoms. The van der Waals surface area contributed by atoms with Crippen LogP contribution in [0.5, 0.6) is 0 Å². The fourth-order valence-corrected chi connectivity index (χ4v) is 2.23. The van der Waals surface area contributed by atoms with E-state index in [-0.39, 0.29) is 6.42 Å². The summed E-state index contributed by atoms with van der Waals surface area (Å²) in [4.78, 5) is 0. The molecule has 0 aromatic carbocycles. The molecular formula is C10H17F3O. The van der Waals surface area contributed by atoms with E-state index in [4.69, 9.17) is 0 Å². The molecule has 0 aliphatic heterocycles. The molecule has 0 radical (unpaired) electrons. The van der Waals surface area contributed by atoms with Crippen LogP contribution >= 0.6 is 0 Å². The third-order valence-corrected chi connectivity index (χ3v) is 2.94. The van der Waals surface area contributed by atoms with Gasteiger partial charge < -0.3 is 5.11 Å². The summed E-state index contributed by atoms with van der Waals surface area (Å²) in [7, 11) is 0.